The van der Waals surface area contributed by atoms with E-state index in [1.54, 1.807) is 24.5 Å². The molecule has 0 spiro atoms. The van der Waals surface area contributed by atoms with Gasteiger partial charge in [0.1, 0.15) is 23.2 Å². The number of nitrogens with one attached hydrogen (secondary N) is 1. The number of fused-ring (bicyclic) bond motifs is 1. The van der Waals surface area contributed by atoms with E-state index in [0.29, 0.717) is 23.9 Å². The van der Waals surface area contributed by atoms with Crippen molar-refractivity contribution in [3.05, 3.63) is 59.6 Å². The fourth-order valence-corrected chi connectivity index (χ4v) is 3.68. The third-order valence-corrected chi connectivity index (χ3v) is 5.12. The van der Waals surface area contributed by atoms with Crippen molar-refractivity contribution in [3.8, 4) is 11.8 Å². The van der Waals surface area contributed by atoms with Crippen molar-refractivity contribution in [2.45, 2.75) is 25.4 Å². The van der Waals surface area contributed by atoms with E-state index in [2.05, 4.69) is 27.1 Å². The summed E-state index contributed by atoms with van der Waals surface area (Å²) in [5, 5.41) is 12.3. The van der Waals surface area contributed by atoms with E-state index in [-0.39, 0.29) is 23.4 Å². The number of amidine groups is 1. The summed E-state index contributed by atoms with van der Waals surface area (Å²) in [5.41, 5.74) is 1.71. The third-order valence-electron chi connectivity index (χ3n) is 5.12. The van der Waals surface area contributed by atoms with E-state index in [0.717, 1.165) is 12.0 Å². The minimum Gasteiger partial charge on any atom is -0.495 e. The Morgan fingerprint density at radius 3 is 2.82 bits per heavy atom. The maximum Gasteiger partial charge on any atom is 0.195 e. The quantitative estimate of drug-likeness (QED) is 0.883. The van der Waals surface area contributed by atoms with Crippen molar-refractivity contribution in [1.29, 1.82) is 5.26 Å². The van der Waals surface area contributed by atoms with Gasteiger partial charge in [0.25, 0.3) is 0 Å². The van der Waals surface area contributed by atoms with Crippen LogP contribution < -0.4 is 15.0 Å². The fourth-order valence-electron chi connectivity index (χ4n) is 3.68. The van der Waals surface area contributed by atoms with Gasteiger partial charge in [-0.15, -0.1) is 0 Å². The highest BCUT2D eigenvalue weighted by atomic mass is 19.1. The molecule has 2 atom stereocenters. The molecule has 8 heteroatoms. The lowest BCUT2D eigenvalue weighted by molar-refractivity contribution is 0.409. The Morgan fingerprint density at radius 2 is 2.11 bits per heavy atom. The van der Waals surface area contributed by atoms with E-state index < -0.39 is 5.82 Å². The van der Waals surface area contributed by atoms with E-state index >= 15 is 0 Å². The van der Waals surface area contributed by atoms with Gasteiger partial charge in [0.05, 0.1) is 19.2 Å². The molecule has 0 radical (unpaired) electrons. The molecule has 1 aromatic carbocycles. The highest BCUT2D eigenvalue weighted by Crippen LogP contribution is 2.35. The number of nitriles is 1. The number of halogens is 1. The number of anilines is 1. The molecule has 2 unspecified atom stereocenters. The van der Waals surface area contributed by atoms with Gasteiger partial charge in [0.2, 0.25) is 0 Å². The second kappa shape index (κ2) is 7.27. The van der Waals surface area contributed by atoms with Gasteiger partial charge >= 0.3 is 0 Å². The topological polar surface area (TPSA) is 86.4 Å². The first-order valence-corrected chi connectivity index (χ1v) is 8.98. The molecule has 1 fully saturated rings. The summed E-state index contributed by atoms with van der Waals surface area (Å²) in [6.45, 7) is 2.76. The summed E-state index contributed by atoms with van der Waals surface area (Å²) in [6.07, 6.45) is 6.09. The SMILES string of the molecule is COc1cc(N2CCC3N=C(c4ncccn4)NC=C3C2C)cc(F)c1C#N. The first kappa shape index (κ1) is 17.9. The molecule has 0 amide bonds. The van der Waals surface area contributed by atoms with Crippen LogP contribution in [0.3, 0.4) is 0 Å². The molecule has 2 aromatic rings. The summed E-state index contributed by atoms with van der Waals surface area (Å²) in [6, 6.07) is 6.75. The molecular formula is C20H19FN6O. The predicted octanol–water partition coefficient (Wildman–Crippen LogP) is 2.40. The Labute approximate surface area is 162 Å². The zero-order valence-electron chi connectivity index (χ0n) is 15.6. The minimum atomic E-state index is -0.580. The average Bonchev–Trinajstić information content (AvgIpc) is 2.73. The largest absolute Gasteiger partial charge is 0.495 e. The van der Waals surface area contributed by atoms with Crippen LogP contribution in [0.5, 0.6) is 5.75 Å². The van der Waals surface area contributed by atoms with Gasteiger partial charge < -0.3 is 15.0 Å². The van der Waals surface area contributed by atoms with Crippen LogP contribution in [-0.2, 0) is 0 Å². The monoisotopic (exact) mass is 378 g/mol. The Hall–Kier alpha value is -3.47. The standard InChI is InChI=1S/C20H19FN6O/c1-12-15-11-25-20(19-23-5-3-6-24-19)26-17(15)4-7-27(12)13-8-16(21)14(10-22)18(9-13)28-2/h3,5-6,8-9,11-12,17H,4,7H2,1-2H3,(H,25,26). The van der Waals surface area contributed by atoms with Gasteiger partial charge in [0.15, 0.2) is 11.7 Å². The smallest absolute Gasteiger partial charge is 0.195 e. The number of nitrogens with zero attached hydrogens (tertiary/aromatic N) is 5. The molecule has 4 rings (SSSR count). The van der Waals surface area contributed by atoms with Gasteiger partial charge in [0, 0.05) is 36.9 Å². The van der Waals surface area contributed by atoms with E-state index in [1.165, 1.54) is 13.2 Å². The van der Waals surface area contributed by atoms with Gasteiger partial charge in [-0.05, 0) is 31.1 Å². The second-order valence-corrected chi connectivity index (χ2v) is 6.63. The third kappa shape index (κ3) is 3.05. The second-order valence-electron chi connectivity index (χ2n) is 6.63. The Kier molecular flexibility index (Phi) is 4.65. The first-order chi connectivity index (χ1) is 13.6. The zero-order chi connectivity index (χ0) is 19.7. The number of aliphatic imine (C=N–C) groups is 1. The Morgan fingerprint density at radius 1 is 1.32 bits per heavy atom. The molecule has 1 aromatic heterocycles. The summed E-state index contributed by atoms with van der Waals surface area (Å²) in [7, 11) is 1.44. The number of aromatic nitrogens is 2. The van der Waals surface area contributed by atoms with Gasteiger partial charge in [-0.1, -0.05) is 0 Å². The maximum absolute atomic E-state index is 14.4. The normalized spacial score (nSPS) is 21.0. The van der Waals surface area contributed by atoms with Crippen molar-refractivity contribution < 1.29 is 9.13 Å². The van der Waals surface area contributed by atoms with Crippen LogP contribution in [0.2, 0.25) is 0 Å². The molecule has 142 valence electrons. The molecule has 0 saturated carbocycles. The van der Waals surface area contributed by atoms with Crippen LogP contribution in [0.1, 0.15) is 24.7 Å². The summed E-state index contributed by atoms with van der Waals surface area (Å²) < 4.78 is 19.6. The molecule has 28 heavy (non-hydrogen) atoms. The summed E-state index contributed by atoms with van der Waals surface area (Å²) in [4.78, 5) is 15.3. The predicted molar refractivity (Wildman–Crippen MR) is 103 cm³/mol. The minimum absolute atomic E-state index is 0.00489. The summed E-state index contributed by atoms with van der Waals surface area (Å²) in [5.74, 6) is 0.875. The van der Waals surface area contributed by atoms with E-state index in [9.17, 15) is 4.39 Å². The lowest BCUT2D eigenvalue weighted by atomic mass is 9.91. The highest BCUT2D eigenvalue weighted by Gasteiger charge is 2.33. The molecule has 1 saturated heterocycles. The fraction of sp³-hybridized carbons (Fsp3) is 0.300. The number of hydrogen-bond acceptors (Lipinski definition) is 7. The van der Waals surface area contributed by atoms with Crippen LogP contribution in [0.15, 0.2) is 47.4 Å². The molecule has 2 aliphatic rings. The molecule has 7 nitrogen and oxygen atoms in total. The summed E-state index contributed by atoms with van der Waals surface area (Å²) >= 11 is 0. The lowest BCUT2D eigenvalue weighted by Crippen LogP contribution is -2.47. The molecule has 3 heterocycles. The number of piperidine rings is 1. The lowest BCUT2D eigenvalue weighted by Gasteiger charge is -2.41. The maximum atomic E-state index is 14.4. The average molecular weight is 378 g/mol. The zero-order valence-corrected chi connectivity index (χ0v) is 15.6. The number of ether oxygens (including phenoxy) is 1. The van der Waals surface area contributed by atoms with Crippen molar-refractivity contribution in [3.63, 3.8) is 0 Å². The number of rotatable bonds is 3. The number of hydrogen-bond donors (Lipinski definition) is 1. The van der Waals surface area contributed by atoms with Crippen LogP contribution >= 0.6 is 0 Å². The Bertz CT molecular complexity index is 998. The van der Waals surface area contributed by atoms with Crippen LogP contribution in [-0.4, -0.2) is 41.5 Å². The number of methoxy groups -OCH3 is 1. The number of benzene rings is 1. The molecule has 2 aliphatic heterocycles. The Balaban J connectivity index is 1.60. The first-order valence-electron chi connectivity index (χ1n) is 8.98. The van der Waals surface area contributed by atoms with Crippen molar-refractivity contribution in [2.75, 3.05) is 18.6 Å². The van der Waals surface area contributed by atoms with Crippen molar-refractivity contribution in [1.82, 2.24) is 15.3 Å². The highest BCUT2D eigenvalue weighted by molar-refractivity contribution is 5.97. The van der Waals surface area contributed by atoms with Crippen molar-refractivity contribution >= 4 is 11.5 Å². The van der Waals surface area contributed by atoms with E-state index in [4.69, 9.17) is 15.0 Å². The molecule has 0 aliphatic carbocycles. The van der Waals surface area contributed by atoms with Gasteiger partial charge in [-0.3, -0.25) is 4.99 Å². The van der Waals surface area contributed by atoms with Gasteiger partial charge in [-0.2, -0.15) is 5.26 Å². The van der Waals surface area contributed by atoms with Crippen molar-refractivity contribution in [2.24, 2.45) is 4.99 Å². The van der Waals surface area contributed by atoms with Crippen LogP contribution in [0.4, 0.5) is 10.1 Å². The van der Waals surface area contributed by atoms with Crippen LogP contribution in [0.25, 0.3) is 0 Å². The van der Waals surface area contributed by atoms with E-state index in [1.807, 2.05) is 12.3 Å². The molecule has 1 N–H and O–H groups in total. The van der Waals surface area contributed by atoms with Gasteiger partial charge in [-0.25, -0.2) is 14.4 Å². The molecular weight excluding hydrogens is 359 g/mol. The van der Waals surface area contributed by atoms with Crippen LogP contribution in [0, 0.1) is 17.1 Å². The molecule has 0 bridgehead atoms.